The number of quaternary nitrogens is 1. The van der Waals surface area contributed by atoms with Gasteiger partial charge in [0, 0.05) is 6.61 Å². The molecule has 0 aromatic rings. The van der Waals surface area contributed by atoms with E-state index in [-0.39, 0.29) is 19.3 Å². The Morgan fingerprint density at radius 2 is 1.17 bits per heavy atom. The maximum Gasteiger partial charge on any atom is 0.472 e. The topological polar surface area (TPSA) is 65.0 Å². The molecule has 0 bridgehead atoms. The van der Waals surface area contributed by atoms with E-state index in [1.807, 2.05) is 6.92 Å². The average Bonchev–Trinajstić information content (AvgIpc) is 2.79. The Labute approximate surface area is 218 Å². The van der Waals surface area contributed by atoms with E-state index in [2.05, 4.69) is 28.1 Å². The molecule has 0 aliphatic rings. The van der Waals surface area contributed by atoms with Crippen molar-refractivity contribution < 1.29 is 27.7 Å². The molecular formula is C28H61NO5P+. The Bertz CT molecular complexity index is 498. The van der Waals surface area contributed by atoms with Gasteiger partial charge in [0.1, 0.15) is 0 Å². The van der Waals surface area contributed by atoms with Gasteiger partial charge in [0.15, 0.2) is 0 Å². The van der Waals surface area contributed by atoms with Gasteiger partial charge in [-0.3, -0.25) is 9.05 Å². The Morgan fingerprint density at radius 3 is 1.63 bits per heavy atom. The lowest BCUT2D eigenvalue weighted by Crippen LogP contribution is -2.35. The molecule has 2 atom stereocenters. The summed E-state index contributed by atoms with van der Waals surface area (Å²) >= 11 is 0. The van der Waals surface area contributed by atoms with Crippen LogP contribution in [-0.4, -0.2) is 63.0 Å². The molecule has 0 aliphatic carbocycles. The number of phosphoric acid groups is 1. The first-order chi connectivity index (χ1) is 16.7. The largest absolute Gasteiger partial charge is 0.472 e. The molecular weight excluding hydrogens is 461 g/mol. The van der Waals surface area contributed by atoms with E-state index in [0.29, 0.717) is 6.61 Å². The molecule has 7 heteroatoms. The lowest BCUT2D eigenvalue weighted by atomic mass is 10.0. The van der Waals surface area contributed by atoms with Gasteiger partial charge in [-0.25, -0.2) is 4.57 Å². The predicted molar refractivity (Wildman–Crippen MR) is 149 cm³/mol. The van der Waals surface area contributed by atoms with Crippen LogP contribution in [0.25, 0.3) is 0 Å². The summed E-state index contributed by atoms with van der Waals surface area (Å²) in [5, 5.41) is 0. The molecule has 0 aromatic carbocycles. The van der Waals surface area contributed by atoms with Gasteiger partial charge in [-0.15, -0.1) is 0 Å². The van der Waals surface area contributed by atoms with E-state index in [0.717, 1.165) is 36.7 Å². The number of phosphoric ester groups is 1. The third-order valence-corrected chi connectivity index (χ3v) is 7.42. The maximum atomic E-state index is 12.1. The van der Waals surface area contributed by atoms with Gasteiger partial charge in [0.05, 0.1) is 47.0 Å². The second-order valence-corrected chi connectivity index (χ2v) is 12.6. The number of unbranched alkanes of at least 4 members (excludes halogenated alkanes) is 15. The van der Waals surface area contributed by atoms with E-state index in [1.54, 1.807) is 0 Å². The number of ether oxygens (including phenoxy) is 1. The number of rotatable bonds is 27. The third-order valence-electron chi connectivity index (χ3n) is 6.43. The van der Waals surface area contributed by atoms with Crippen LogP contribution in [0, 0.1) is 0 Å². The quantitative estimate of drug-likeness (QED) is 0.0668. The van der Waals surface area contributed by atoms with Crippen LogP contribution in [0.3, 0.4) is 0 Å². The molecule has 0 rings (SSSR count). The second-order valence-electron chi connectivity index (χ2n) is 11.1. The zero-order chi connectivity index (χ0) is 26.3. The summed E-state index contributed by atoms with van der Waals surface area (Å²) < 4.78 is 29.1. The molecule has 212 valence electrons. The van der Waals surface area contributed by atoms with Gasteiger partial charge in [-0.05, 0) is 26.2 Å². The van der Waals surface area contributed by atoms with Crippen LogP contribution in [0.2, 0.25) is 0 Å². The van der Waals surface area contributed by atoms with Gasteiger partial charge >= 0.3 is 7.82 Å². The minimum absolute atomic E-state index is 0.110. The van der Waals surface area contributed by atoms with Crippen LogP contribution in [-0.2, 0) is 18.3 Å². The molecule has 0 spiro atoms. The van der Waals surface area contributed by atoms with Crippen LogP contribution in [0.5, 0.6) is 0 Å². The highest BCUT2D eigenvalue weighted by atomic mass is 31.2. The summed E-state index contributed by atoms with van der Waals surface area (Å²) in [6.07, 6.45) is 22.5. The zero-order valence-corrected chi connectivity index (χ0v) is 25.0. The highest BCUT2D eigenvalue weighted by Gasteiger charge is 2.23. The zero-order valence-electron chi connectivity index (χ0n) is 24.1. The van der Waals surface area contributed by atoms with E-state index < -0.39 is 7.82 Å². The first-order valence-corrected chi connectivity index (χ1v) is 16.2. The molecule has 0 saturated heterocycles. The summed E-state index contributed by atoms with van der Waals surface area (Å²) in [6.45, 7) is 6.16. The summed E-state index contributed by atoms with van der Waals surface area (Å²) in [4.78, 5) is 9.95. The number of hydrogen-bond donors (Lipinski definition) is 1. The van der Waals surface area contributed by atoms with E-state index in [1.165, 1.54) is 89.9 Å². The van der Waals surface area contributed by atoms with Crippen molar-refractivity contribution in [1.82, 2.24) is 0 Å². The molecule has 0 saturated carbocycles. The lowest BCUT2D eigenvalue weighted by molar-refractivity contribution is -0.870. The van der Waals surface area contributed by atoms with Gasteiger partial charge in [-0.2, -0.15) is 0 Å². The van der Waals surface area contributed by atoms with Crippen LogP contribution >= 0.6 is 7.82 Å². The molecule has 0 radical (unpaired) electrons. The standard InChI is InChI=1S/C28H60NO5P/c1-6-8-9-10-11-12-13-14-15-16-17-18-19-20-21-24-28(32-7-2)27-34-35(30,31)33-26-23-22-25-29(3,4)5/h28H,6-27H2,1-5H3/p+1. The molecule has 35 heavy (non-hydrogen) atoms. The molecule has 2 unspecified atom stereocenters. The molecule has 0 aliphatic heterocycles. The Balaban J connectivity index is 3.69. The Kier molecular flexibility index (Phi) is 23.2. The normalized spacial score (nSPS) is 14.8. The monoisotopic (exact) mass is 522 g/mol. The highest BCUT2D eigenvalue weighted by Crippen LogP contribution is 2.43. The van der Waals surface area contributed by atoms with Crippen LogP contribution in [0.15, 0.2) is 0 Å². The van der Waals surface area contributed by atoms with Crippen molar-refractivity contribution in [3.05, 3.63) is 0 Å². The SMILES string of the molecule is CCCCCCCCCCCCCCCCCC(COP(=O)(O)OCCCC[N+](C)(C)C)OCC. The summed E-state index contributed by atoms with van der Waals surface area (Å²) in [6, 6.07) is 0. The summed E-state index contributed by atoms with van der Waals surface area (Å²) in [5.74, 6) is 0. The van der Waals surface area contributed by atoms with Crippen molar-refractivity contribution >= 4 is 7.82 Å². The predicted octanol–water partition coefficient (Wildman–Crippen LogP) is 8.27. The molecule has 1 N–H and O–H groups in total. The van der Waals surface area contributed by atoms with Gasteiger partial charge in [0.25, 0.3) is 0 Å². The van der Waals surface area contributed by atoms with E-state index in [9.17, 15) is 9.46 Å². The second kappa shape index (κ2) is 23.2. The van der Waals surface area contributed by atoms with Crippen LogP contribution in [0.1, 0.15) is 129 Å². The lowest BCUT2D eigenvalue weighted by Gasteiger charge is -2.23. The fourth-order valence-electron chi connectivity index (χ4n) is 4.28. The molecule has 0 fully saturated rings. The summed E-state index contributed by atoms with van der Waals surface area (Å²) in [5.41, 5.74) is 0. The van der Waals surface area contributed by atoms with Crippen molar-refractivity contribution in [2.24, 2.45) is 0 Å². The van der Waals surface area contributed by atoms with E-state index >= 15 is 0 Å². The van der Waals surface area contributed by atoms with Crippen molar-refractivity contribution in [3.63, 3.8) is 0 Å². The molecule has 6 nitrogen and oxygen atoms in total. The first kappa shape index (κ1) is 35.0. The average molecular weight is 523 g/mol. The fourth-order valence-corrected chi connectivity index (χ4v) is 5.07. The van der Waals surface area contributed by atoms with Crippen molar-refractivity contribution in [1.29, 1.82) is 0 Å². The van der Waals surface area contributed by atoms with Gasteiger partial charge in [0.2, 0.25) is 0 Å². The smallest absolute Gasteiger partial charge is 0.376 e. The highest BCUT2D eigenvalue weighted by molar-refractivity contribution is 7.47. The van der Waals surface area contributed by atoms with Crippen molar-refractivity contribution in [3.8, 4) is 0 Å². The van der Waals surface area contributed by atoms with Crippen LogP contribution < -0.4 is 0 Å². The maximum absolute atomic E-state index is 12.1. The number of nitrogens with zero attached hydrogens (tertiary/aromatic N) is 1. The van der Waals surface area contributed by atoms with Gasteiger partial charge < -0.3 is 14.1 Å². The first-order valence-electron chi connectivity index (χ1n) is 14.7. The van der Waals surface area contributed by atoms with Crippen molar-refractivity contribution in [2.45, 2.75) is 136 Å². The number of hydrogen-bond acceptors (Lipinski definition) is 4. The van der Waals surface area contributed by atoms with Crippen LogP contribution in [0.4, 0.5) is 0 Å². The van der Waals surface area contributed by atoms with Crippen molar-refractivity contribution in [2.75, 3.05) is 47.5 Å². The minimum atomic E-state index is -4.01. The Hall–Kier alpha value is 0.0300. The van der Waals surface area contributed by atoms with Gasteiger partial charge in [-0.1, -0.05) is 103 Å². The summed E-state index contributed by atoms with van der Waals surface area (Å²) in [7, 11) is 2.39. The molecule has 0 amide bonds. The third kappa shape index (κ3) is 26.9. The molecule has 0 heterocycles. The van der Waals surface area contributed by atoms with E-state index in [4.69, 9.17) is 13.8 Å². The minimum Gasteiger partial charge on any atom is -0.376 e. The fraction of sp³-hybridized carbons (Fsp3) is 1.00. The Morgan fingerprint density at radius 1 is 0.686 bits per heavy atom. The molecule has 0 aromatic heterocycles.